The van der Waals surface area contributed by atoms with E-state index in [-0.39, 0.29) is 0 Å². The van der Waals surface area contributed by atoms with Crippen LogP contribution in [0.1, 0.15) is 38.1 Å². The van der Waals surface area contributed by atoms with Gasteiger partial charge in [-0.2, -0.15) is 0 Å². The first-order valence-electron chi connectivity index (χ1n) is 5.91. The van der Waals surface area contributed by atoms with Crippen molar-refractivity contribution in [1.82, 2.24) is 4.98 Å². The summed E-state index contributed by atoms with van der Waals surface area (Å²) < 4.78 is 0. The molecular formula is C14H20N2O. The number of hydrogen-bond acceptors (Lipinski definition) is 2. The van der Waals surface area contributed by atoms with Crippen molar-refractivity contribution in [2.75, 3.05) is 0 Å². The van der Waals surface area contributed by atoms with Crippen LogP contribution in [0.4, 0.5) is 0 Å². The average molecular weight is 232 g/mol. The number of amides is 1. The first-order chi connectivity index (χ1) is 8.27. The number of benzene rings is 1. The van der Waals surface area contributed by atoms with Gasteiger partial charge in [0.05, 0.1) is 0 Å². The number of fused-ring (bicyclic) bond motifs is 1. The molecule has 0 radical (unpaired) electrons. The van der Waals surface area contributed by atoms with Crippen LogP contribution in [0, 0.1) is 0 Å². The Bertz CT molecular complexity index is 466. The van der Waals surface area contributed by atoms with Crippen molar-refractivity contribution in [2.24, 2.45) is 5.73 Å². The van der Waals surface area contributed by atoms with Crippen LogP contribution in [-0.4, -0.2) is 10.9 Å². The van der Waals surface area contributed by atoms with Crippen LogP contribution in [0.5, 0.6) is 0 Å². The van der Waals surface area contributed by atoms with Gasteiger partial charge in [-0.15, -0.1) is 0 Å². The Balaban J connectivity index is 0.000000581. The van der Waals surface area contributed by atoms with Gasteiger partial charge in [0.2, 0.25) is 5.91 Å². The van der Waals surface area contributed by atoms with E-state index in [9.17, 15) is 4.79 Å². The Kier molecular flexibility index (Phi) is 7.35. The molecule has 92 valence electrons. The maximum Gasteiger partial charge on any atom is 0.248 e. The molecule has 0 bridgehead atoms. The Morgan fingerprint density at radius 2 is 1.71 bits per heavy atom. The van der Waals surface area contributed by atoms with Crippen LogP contribution in [-0.2, 0) is 0 Å². The van der Waals surface area contributed by atoms with Gasteiger partial charge in [-0.1, -0.05) is 33.8 Å². The van der Waals surface area contributed by atoms with Crippen molar-refractivity contribution in [3.8, 4) is 0 Å². The van der Waals surface area contributed by atoms with E-state index in [0.717, 1.165) is 10.8 Å². The topological polar surface area (TPSA) is 56.0 Å². The van der Waals surface area contributed by atoms with Crippen LogP contribution < -0.4 is 5.73 Å². The predicted molar refractivity (Wildman–Crippen MR) is 73.0 cm³/mol. The molecule has 0 aliphatic rings. The van der Waals surface area contributed by atoms with Crippen molar-refractivity contribution < 1.29 is 4.79 Å². The summed E-state index contributed by atoms with van der Waals surface area (Å²) in [6.07, 6.45) is 3.44. The van der Waals surface area contributed by atoms with Crippen LogP contribution in [0.2, 0.25) is 0 Å². The van der Waals surface area contributed by atoms with Gasteiger partial charge in [0.1, 0.15) is 0 Å². The maximum atomic E-state index is 10.9. The second-order valence-electron chi connectivity index (χ2n) is 2.80. The summed E-state index contributed by atoms with van der Waals surface area (Å²) in [6.45, 7) is 8.00. The number of nitrogens with two attached hydrogens (primary N) is 1. The molecule has 0 atom stereocenters. The van der Waals surface area contributed by atoms with Crippen LogP contribution in [0.25, 0.3) is 10.8 Å². The molecule has 1 aromatic carbocycles. The minimum Gasteiger partial charge on any atom is -0.366 e. The summed E-state index contributed by atoms with van der Waals surface area (Å²) in [5, 5.41) is 1.99. The highest BCUT2D eigenvalue weighted by Gasteiger charge is 2.00. The van der Waals surface area contributed by atoms with Crippen molar-refractivity contribution in [3.05, 3.63) is 42.2 Å². The number of pyridine rings is 1. The first kappa shape index (κ1) is 15.1. The molecule has 17 heavy (non-hydrogen) atoms. The average Bonchev–Trinajstić information content (AvgIpc) is 2.42. The SMILES string of the molecule is CC.CC.NC(=O)c1ccc2cnccc2c1. The van der Waals surface area contributed by atoms with Gasteiger partial charge in [0, 0.05) is 23.3 Å². The molecule has 0 aliphatic heterocycles. The standard InChI is InChI=1S/C10H8N2O.2C2H6/c11-10(13)8-1-2-9-6-12-4-3-7(9)5-8;2*1-2/h1-6H,(H2,11,13);2*1-2H3. The number of rotatable bonds is 1. The molecule has 2 aromatic rings. The molecule has 0 saturated carbocycles. The predicted octanol–water partition coefficient (Wildman–Crippen LogP) is 3.39. The third-order valence-electron chi connectivity index (χ3n) is 1.93. The zero-order chi connectivity index (χ0) is 13.3. The van der Waals surface area contributed by atoms with Crippen LogP contribution in [0.3, 0.4) is 0 Å². The van der Waals surface area contributed by atoms with E-state index in [2.05, 4.69) is 4.98 Å². The number of primary amides is 1. The second-order valence-corrected chi connectivity index (χ2v) is 2.80. The van der Waals surface area contributed by atoms with E-state index in [0.29, 0.717) is 5.56 Å². The van der Waals surface area contributed by atoms with E-state index >= 15 is 0 Å². The van der Waals surface area contributed by atoms with E-state index in [1.54, 1.807) is 24.5 Å². The van der Waals surface area contributed by atoms with Crippen molar-refractivity contribution in [1.29, 1.82) is 0 Å². The maximum absolute atomic E-state index is 10.9. The van der Waals surface area contributed by atoms with E-state index < -0.39 is 5.91 Å². The van der Waals surface area contributed by atoms with Gasteiger partial charge in [-0.05, 0) is 23.6 Å². The summed E-state index contributed by atoms with van der Waals surface area (Å²) in [7, 11) is 0. The minimum atomic E-state index is -0.404. The van der Waals surface area contributed by atoms with Gasteiger partial charge < -0.3 is 5.73 Å². The number of carbonyl (C=O) groups excluding carboxylic acids is 1. The highest BCUT2D eigenvalue weighted by Crippen LogP contribution is 2.13. The molecule has 0 unspecified atom stereocenters. The third kappa shape index (κ3) is 4.23. The number of nitrogens with zero attached hydrogens (tertiary/aromatic N) is 1. The molecule has 1 aromatic heterocycles. The van der Waals surface area contributed by atoms with Crippen molar-refractivity contribution in [3.63, 3.8) is 0 Å². The number of aromatic nitrogens is 1. The summed E-state index contributed by atoms with van der Waals surface area (Å²) in [4.78, 5) is 14.8. The lowest BCUT2D eigenvalue weighted by atomic mass is 10.1. The van der Waals surface area contributed by atoms with Crippen molar-refractivity contribution >= 4 is 16.7 Å². The lowest BCUT2D eigenvalue weighted by Gasteiger charge is -1.98. The number of hydrogen-bond donors (Lipinski definition) is 1. The van der Waals surface area contributed by atoms with E-state index in [1.807, 2.05) is 39.8 Å². The molecular weight excluding hydrogens is 212 g/mol. The minimum absolute atomic E-state index is 0.404. The fraction of sp³-hybridized carbons (Fsp3) is 0.286. The molecule has 0 aliphatic carbocycles. The smallest absolute Gasteiger partial charge is 0.248 e. The fourth-order valence-electron chi connectivity index (χ4n) is 1.24. The van der Waals surface area contributed by atoms with Gasteiger partial charge in [-0.3, -0.25) is 9.78 Å². The largest absolute Gasteiger partial charge is 0.366 e. The molecule has 1 heterocycles. The fourth-order valence-corrected chi connectivity index (χ4v) is 1.24. The summed E-state index contributed by atoms with van der Waals surface area (Å²) >= 11 is 0. The molecule has 3 heteroatoms. The molecule has 1 amide bonds. The van der Waals surface area contributed by atoms with Gasteiger partial charge in [-0.25, -0.2) is 0 Å². The highest BCUT2D eigenvalue weighted by atomic mass is 16.1. The molecule has 2 rings (SSSR count). The van der Waals surface area contributed by atoms with E-state index in [4.69, 9.17) is 5.73 Å². The summed E-state index contributed by atoms with van der Waals surface area (Å²) in [5.74, 6) is -0.404. The van der Waals surface area contributed by atoms with Crippen LogP contribution >= 0.6 is 0 Å². The summed E-state index contributed by atoms with van der Waals surface area (Å²) in [6, 6.07) is 7.15. The Morgan fingerprint density at radius 3 is 2.29 bits per heavy atom. The molecule has 3 nitrogen and oxygen atoms in total. The molecule has 0 spiro atoms. The second kappa shape index (κ2) is 8.28. The zero-order valence-corrected chi connectivity index (χ0v) is 10.9. The van der Waals surface area contributed by atoms with Gasteiger partial charge >= 0.3 is 0 Å². The van der Waals surface area contributed by atoms with Crippen LogP contribution in [0.15, 0.2) is 36.7 Å². The van der Waals surface area contributed by atoms with Crippen molar-refractivity contribution in [2.45, 2.75) is 27.7 Å². The normalized spacial score (nSPS) is 8.47. The molecule has 2 N–H and O–H groups in total. The third-order valence-corrected chi connectivity index (χ3v) is 1.93. The molecule has 0 saturated heterocycles. The first-order valence-corrected chi connectivity index (χ1v) is 5.91. The van der Waals surface area contributed by atoms with Gasteiger partial charge in [0.25, 0.3) is 0 Å². The quantitative estimate of drug-likeness (QED) is 0.819. The zero-order valence-electron chi connectivity index (χ0n) is 10.9. The highest BCUT2D eigenvalue weighted by molar-refractivity contribution is 5.97. The lowest BCUT2D eigenvalue weighted by Crippen LogP contribution is -2.10. The Labute approximate surface area is 103 Å². The van der Waals surface area contributed by atoms with Gasteiger partial charge in [0.15, 0.2) is 0 Å². The summed E-state index contributed by atoms with van der Waals surface area (Å²) in [5.41, 5.74) is 5.68. The molecule has 0 fully saturated rings. The monoisotopic (exact) mass is 232 g/mol. The Morgan fingerprint density at radius 1 is 1.06 bits per heavy atom. The number of carbonyl (C=O) groups is 1. The van der Waals surface area contributed by atoms with E-state index in [1.165, 1.54) is 0 Å². The lowest BCUT2D eigenvalue weighted by molar-refractivity contribution is 0.100. The Hall–Kier alpha value is -1.90.